The smallest absolute Gasteiger partial charge is 0.263 e. The fourth-order valence-corrected chi connectivity index (χ4v) is 5.17. The first-order valence-electron chi connectivity index (χ1n) is 7.80. The van der Waals surface area contributed by atoms with E-state index < -0.39 is 10.0 Å². The highest BCUT2D eigenvalue weighted by Gasteiger charge is 2.32. The van der Waals surface area contributed by atoms with E-state index in [0.29, 0.717) is 23.4 Å². The summed E-state index contributed by atoms with van der Waals surface area (Å²) in [6.07, 6.45) is 1.90. The Morgan fingerprint density at radius 3 is 2.85 bits per heavy atom. The van der Waals surface area contributed by atoms with Gasteiger partial charge in [0.15, 0.2) is 5.13 Å². The van der Waals surface area contributed by atoms with Crippen LogP contribution < -0.4 is 15.4 Å². The Labute approximate surface area is 159 Å². The SMILES string of the molecule is Cc1nc(NS(C)(=O)=O)sc1C(=O)N[C@@H]1CCC(=O)N[C@H]1c1ccsc1. The maximum absolute atomic E-state index is 12.7. The molecule has 0 radical (unpaired) electrons. The molecule has 0 unspecified atom stereocenters. The van der Waals surface area contributed by atoms with Gasteiger partial charge < -0.3 is 10.6 Å². The van der Waals surface area contributed by atoms with Gasteiger partial charge in [0.05, 0.1) is 24.0 Å². The number of aryl methyl sites for hydroxylation is 1. The van der Waals surface area contributed by atoms with Gasteiger partial charge in [-0.3, -0.25) is 14.3 Å². The first-order valence-corrected chi connectivity index (χ1v) is 11.5. The summed E-state index contributed by atoms with van der Waals surface area (Å²) in [6, 6.07) is 1.39. The number of carbonyl (C=O) groups is 2. The van der Waals surface area contributed by atoms with Gasteiger partial charge in [0, 0.05) is 6.42 Å². The maximum Gasteiger partial charge on any atom is 0.263 e. The summed E-state index contributed by atoms with van der Waals surface area (Å²) in [5.74, 6) is -0.372. The van der Waals surface area contributed by atoms with Crippen molar-refractivity contribution in [2.45, 2.75) is 31.8 Å². The number of hydrogen-bond acceptors (Lipinski definition) is 7. The summed E-state index contributed by atoms with van der Waals surface area (Å²) in [5.41, 5.74) is 1.40. The van der Waals surface area contributed by atoms with E-state index in [1.165, 1.54) is 11.3 Å². The lowest BCUT2D eigenvalue weighted by Crippen LogP contribution is -2.50. The van der Waals surface area contributed by atoms with Gasteiger partial charge in [0.25, 0.3) is 5.91 Å². The first kappa shape index (κ1) is 18.8. The van der Waals surface area contributed by atoms with Crippen LogP contribution in [0.25, 0.3) is 0 Å². The molecule has 0 aromatic carbocycles. The standard InChI is InChI=1S/C15H18N4O4S3/c1-8-13(25-15(16-8)19-26(2,22)23)14(21)17-10-3-4-11(20)18-12(10)9-5-6-24-7-9/h5-7,10,12H,3-4H2,1-2H3,(H,16,19)(H,17,21)(H,18,20)/t10-,12+/m1/s1. The Bertz CT molecular complexity index is 921. The van der Waals surface area contributed by atoms with Crippen LogP contribution in [0.1, 0.15) is 39.8 Å². The summed E-state index contributed by atoms with van der Waals surface area (Å²) in [4.78, 5) is 28.9. The van der Waals surface area contributed by atoms with Crippen LogP contribution in [-0.4, -0.2) is 37.5 Å². The van der Waals surface area contributed by atoms with Crippen molar-refractivity contribution in [1.82, 2.24) is 15.6 Å². The maximum atomic E-state index is 12.7. The first-order chi connectivity index (χ1) is 12.2. The molecule has 1 saturated heterocycles. The highest BCUT2D eigenvalue weighted by molar-refractivity contribution is 7.92. The third kappa shape index (κ3) is 4.40. The van der Waals surface area contributed by atoms with E-state index in [4.69, 9.17) is 0 Å². The fraction of sp³-hybridized carbons (Fsp3) is 0.400. The molecule has 2 amide bonds. The van der Waals surface area contributed by atoms with E-state index in [2.05, 4.69) is 20.3 Å². The van der Waals surface area contributed by atoms with Gasteiger partial charge in [0.2, 0.25) is 15.9 Å². The lowest BCUT2D eigenvalue weighted by atomic mass is 9.93. The molecular weight excluding hydrogens is 396 g/mol. The number of amides is 2. The summed E-state index contributed by atoms with van der Waals surface area (Å²) in [7, 11) is -3.46. The number of thiophene rings is 1. The number of sulfonamides is 1. The number of nitrogens with one attached hydrogen (secondary N) is 3. The van der Waals surface area contributed by atoms with Crippen molar-refractivity contribution in [3.8, 4) is 0 Å². The number of nitrogens with zero attached hydrogens (tertiary/aromatic N) is 1. The molecule has 1 aliphatic heterocycles. The number of piperidine rings is 1. The molecule has 0 spiro atoms. The molecular formula is C15H18N4O4S3. The molecule has 2 aromatic rings. The highest BCUT2D eigenvalue weighted by Crippen LogP contribution is 2.28. The van der Waals surface area contributed by atoms with Gasteiger partial charge in [-0.2, -0.15) is 11.3 Å². The largest absolute Gasteiger partial charge is 0.347 e. The van der Waals surface area contributed by atoms with Gasteiger partial charge in [-0.25, -0.2) is 13.4 Å². The van der Waals surface area contributed by atoms with E-state index in [1.54, 1.807) is 6.92 Å². The molecule has 0 saturated carbocycles. The Morgan fingerprint density at radius 2 is 2.19 bits per heavy atom. The Kier molecular flexibility index (Phi) is 5.30. The number of thiazole rings is 1. The predicted molar refractivity (Wildman–Crippen MR) is 101 cm³/mol. The Morgan fingerprint density at radius 1 is 1.42 bits per heavy atom. The zero-order valence-corrected chi connectivity index (χ0v) is 16.6. The van der Waals surface area contributed by atoms with E-state index in [-0.39, 0.29) is 29.0 Å². The van der Waals surface area contributed by atoms with E-state index in [9.17, 15) is 18.0 Å². The zero-order valence-electron chi connectivity index (χ0n) is 14.1. The van der Waals surface area contributed by atoms with Crippen molar-refractivity contribution in [3.05, 3.63) is 33.0 Å². The van der Waals surface area contributed by atoms with Crippen LogP contribution in [0.5, 0.6) is 0 Å². The zero-order chi connectivity index (χ0) is 18.9. The van der Waals surface area contributed by atoms with Gasteiger partial charge in [-0.15, -0.1) is 0 Å². The van der Waals surface area contributed by atoms with Crippen molar-refractivity contribution in [2.24, 2.45) is 0 Å². The molecule has 3 heterocycles. The molecule has 26 heavy (non-hydrogen) atoms. The second kappa shape index (κ2) is 7.33. The number of anilines is 1. The second-order valence-corrected chi connectivity index (χ2v) is 9.56. The van der Waals surface area contributed by atoms with E-state index in [0.717, 1.165) is 23.2 Å². The topological polar surface area (TPSA) is 117 Å². The van der Waals surface area contributed by atoms with Crippen molar-refractivity contribution in [3.63, 3.8) is 0 Å². The number of carbonyl (C=O) groups excluding carboxylic acids is 2. The molecule has 1 aliphatic rings. The number of aromatic nitrogens is 1. The third-order valence-corrected chi connectivity index (χ3v) is 6.36. The van der Waals surface area contributed by atoms with Gasteiger partial charge in [-0.1, -0.05) is 11.3 Å². The molecule has 1 fully saturated rings. The average Bonchev–Trinajstić information content (AvgIpc) is 3.17. The minimum Gasteiger partial charge on any atom is -0.347 e. The molecule has 3 rings (SSSR count). The summed E-state index contributed by atoms with van der Waals surface area (Å²) >= 11 is 2.51. The van der Waals surface area contributed by atoms with Crippen LogP contribution in [0.4, 0.5) is 5.13 Å². The predicted octanol–water partition coefficient (Wildman–Crippen LogP) is 1.63. The molecule has 0 bridgehead atoms. The highest BCUT2D eigenvalue weighted by atomic mass is 32.2. The second-order valence-electron chi connectivity index (χ2n) is 6.03. The molecule has 2 aromatic heterocycles. The van der Waals surface area contributed by atoms with Crippen molar-refractivity contribution in [1.29, 1.82) is 0 Å². The van der Waals surface area contributed by atoms with Crippen LogP contribution >= 0.6 is 22.7 Å². The molecule has 8 nitrogen and oxygen atoms in total. The minimum absolute atomic E-state index is 0.0414. The van der Waals surface area contributed by atoms with Gasteiger partial charge in [-0.05, 0) is 35.7 Å². The Balaban J connectivity index is 1.77. The van der Waals surface area contributed by atoms with Crippen molar-refractivity contribution in [2.75, 3.05) is 11.0 Å². The molecule has 2 atom stereocenters. The normalized spacial score (nSPS) is 20.5. The van der Waals surface area contributed by atoms with Gasteiger partial charge in [0.1, 0.15) is 4.88 Å². The lowest BCUT2D eigenvalue weighted by molar-refractivity contribution is -0.123. The number of hydrogen-bond donors (Lipinski definition) is 3. The van der Waals surface area contributed by atoms with Crippen LogP contribution in [0, 0.1) is 6.92 Å². The lowest BCUT2D eigenvalue weighted by Gasteiger charge is -2.32. The molecule has 11 heteroatoms. The van der Waals surface area contributed by atoms with Crippen LogP contribution in [0.3, 0.4) is 0 Å². The number of rotatable bonds is 5. The van der Waals surface area contributed by atoms with E-state index >= 15 is 0 Å². The van der Waals surface area contributed by atoms with Crippen molar-refractivity contribution >= 4 is 49.6 Å². The van der Waals surface area contributed by atoms with Crippen LogP contribution in [0.15, 0.2) is 16.8 Å². The van der Waals surface area contributed by atoms with Crippen molar-refractivity contribution < 1.29 is 18.0 Å². The Hall–Kier alpha value is -1.98. The summed E-state index contributed by atoms with van der Waals surface area (Å²) in [5, 5.41) is 9.90. The quantitative estimate of drug-likeness (QED) is 0.687. The van der Waals surface area contributed by atoms with Crippen LogP contribution in [0.2, 0.25) is 0 Å². The third-order valence-electron chi connectivity index (χ3n) is 3.90. The fourth-order valence-electron chi connectivity index (χ4n) is 2.77. The van der Waals surface area contributed by atoms with E-state index in [1.807, 2.05) is 16.8 Å². The van der Waals surface area contributed by atoms with Gasteiger partial charge >= 0.3 is 0 Å². The molecule has 0 aliphatic carbocycles. The van der Waals surface area contributed by atoms with Crippen LogP contribution in [-0.2, 0) is 14.8 Å². The summed E-state index contributed by atoms with van der Waals surface area (Å²) < 4.78 is 24.9. The minimum atomic E-state index is -3.46. The summed E-state index contributed by atoms with van der Waals surface area (Å²) in [6.45, 7) is 1.65. The average molecular weight is 415 g/mol. The molecule has 3 N–H and O–H groups in total. The molecule has 140 valence electrons. The monoisotopic (exact) mass is 414 g/mol.